The first-order chi connectivity index (χ1) is 9.97. The van der Waals surface area contributed by atoms with Crippen LogP contribution < -0.4 is 11.1 Å². The van der Waals surface area contributed by atoms with Crippen molar-refractivity contribution in [3.8, 4) is 0 Å². The zero-order valence-corrected chi connectivity index (χ0v) is 11.9. The van der Waals surface area contributed by atoms with Gasteiger partial charge in [-0.3, -0.25) is 9.59 Å². The van der Waals surface area contributed by atoms with Crippen molar-refractivity contribution in [1.29, 1.82) is 0 Å². The minimum absolute atomic E-state index is 0.103. The number of hydrogen-bond donors (Lipinski definition) is 3. The molecule has 0 spiro atoms. The Bertz CT molecular complexity index is 389. The molecule has 2 atom stereocenters. The van der Waals surface area contributed by atoms with E-state index in [9.17, 15) is 14.4 Å². The molecule has 1 rings (SSSR count). The van der Waals surface area contributed by atoms with Gasteiger partial charge in [-0.05, 0) is 6.92 Å². The lowest BCUT2D eigenvalue weighted by atomic mass is 10.0. The molecule has 0 aliphatic carbocycles. The smallest absolute Gasteiger partial charge is 0.317 e. The van der Waals surface area contributed by atoms with E-state index < -0.39 is 23.8 Å². The molecule has 2 unspecified atom stereocenters. The van der Waals surface area contributed by atoms with E-state index in [4.69, 9.17) is 20.3 Å². The molecule has 4 N–H and O–H groups in total. The zero-order chi connectivity index (χ0) is 15.8. The third-order valence-electron chi connectivity index (χ3n) is 3.14. The van der Waals surface area contributed by atoms with Gasteiger partial charge in [0.05, 0.1) is 25.9 Å². The number of nitrogens with two attached hydrogens (primary N) is 1. The number of likely N-dealkylation sites (N-methyl/N-ethyl adjacent to an activating group) is 1. The summed E-state index contributed by atoms with van der Waals surface area (Å²) in [6.07, 6.45) is 0. The highest BCUT2D eigenvalue weighted by molar-refractivity contribution is 5.77. The van der Waals surface area contributed by atoms with Crippen LogP contribution in [0.5, 0.6) is 0 Å². The SMILES string of the molecule is CCN(C(=O)NCCOCC(N)=O)C1COCC1C(=O)O. The molecular formula is C12H21N3O6. The molecule has 21 heavy (non-hydrogen) atoms. The number of nitrogens with one attached hydrogen (secondary N) is 1. The topological polar surface area (TPSA) is 131 Å². The summed E-state index contributed by atoms with van der Waals surface area (Å²) in [6, 6.07) is -0.874. The number of rotatable bonds is 8. The maximum absolute atomic E-state index is 12.0. The molecule has 120 valence electrons. The summed E-state index contributed by atoms with van der Waals surface area (Å²) in [4.78, 5) is 35.0. The predicted octanol–water partition coefficient (Wildman–Crippen LogP) is -1.38. The molecule has 1 saturated heterocycles. The van der Waals surface area contributed by atoms with Crippen molar-refractivity contribution < 1.29 is 29.0 Å². The van der Waals surface area contributed by atoms with Gasteiger partial charge in [0.15, 0.2) is 0 Å². The van der Waals surface area contributed by atoms with Crippen molar-refractivity contribution in [2.45, 2.75) is 13.0 Å². The molecule has 1 heterocycles. The Morgan fingerprint density at radius 2 is 2.14 bits per heavy atom. The molecule has 1 aliphatic rings. The first-order valence-corrected chi connectivity index (χ1v) is 6.68. The second-order valence-corrected chi connectivity index (χ2v) is 4.59. The summed E-state index contributed by atoms with van der Waals surface area (Å²) in [5.41, 5.74) is 4.90. The number of aliphatic carboxylic acids is 1. The van der Waals surface area contributed by atoms with Crippen molar-refractivity contribution in [2.75, 3.05) is 39.5 Å². The summed E-state index contributed by atoms with van der Waals surface area (Å²) in [5, 5.41) is 11.7. The summed E-state index contributed by atoms with van der Waals surface area (Å²) >= 11 is 0. The average Bonchev–Trinajstić information content (AvgIpc) is 2.88. The molecule has 0 radical (unpaired) electrons. The molecule has 1 fully saturated rings. The number of ether oxygens (including phenoxy) is 2. The summed E-state index contributed by atoms with van der Waals surface area (Å²) in [5.74, 6) is -2.28. The van der Waals surface area contributed by atoms with E-state index in [1.807, 2.05) is 0 Å². The second kappa shape index (κ2) is 8.42. The Morgan fingerprint density at radius 1 is 1.43 bits per heavy atom. The van der Waals surface area contributed by atoms with Crippen LogP contribution >= 0.6 is 0 Å². The predicted molar refractivity (Wildman–Crippen MR) is 71.5 cm³/mol. The fourth-order valence-electron chi connectivity index (χ4n) is 2.12. The van der Waals surface area contributed by atoms with Gasteiger partial charge in [0.1, 0.15) is 12.5 Å². The number of urea groups is 1. The van der Waals surface area contributed by atoms with Crippen molar-refractivity contribution in [3.63, 3.8) is 0 Å². The number of amides is 3. The number of hydrogen-bond acceptors (Lipinski definition) is 5. The van der Waals surface area contributed by atoms with Crippen LogP contribution in [0.4, 0.5) is 4.79 Å². The van der Waals surface area contributed by atoms with Crippen molar-refractivity contribution >= 4 is 17.9 Å². The lowest BCUT2D eigenvalue weighted by Crippen LogP contribution is -2.51. The highest BCUT2D eigenvalue weighted by Crippen LogP contribution is 2.20. The quantitative estimate of drug-likeness (QED) is 0.474. The maximum Gasteiger partial charge on any atom is 0.317 e. The van der Waals surface area contributed by atoms with Crippen LogP contribution in [0.2, 0.25) is 0 Å². The van der Waals surface area contributed by atoms with E-state index in [0.29, 0.717) is 6.54 Å². The number of carboxylic acids is 1. The van der Waals surface area contributed by atoms with Gasteiger partial charge in [-0.25, -0.2) is 4.79 Å². The second-order valence-electron chi connectivity index (χ2n) is 4.59. The van der Waals surface area contributed by atoms with E-state index >= 15 is 0 Å². The van der Waals surface area contributed by atoms with Gasteiger partial charge in [0.25, 0.3) is 0 Å². The fraction of sp³-hybridized carbons (Fsp3) is 0.750. The van der Waals surface area contributed by atoms with Crippen molar-refractivity contribution in [3.05, 3.63) is 0 Å². The Balaban J connectivity index is 2.42. The largest absolute Gasteiger partial charge is 0.481 e. The third kappa shape index (κ3) is 5.20. The van der Waals surface area contributed by atoms with Gasteiger partial charge < -0.3 is 30.5 Å². The number of carboxylic acid groups (broad SMARTS) is 1. The van der Waals surface area contributed by atoms with Gasteiger partial charge >= 0.3 is 12.0 Å². The Kier molecular flexibility index (Phi) is 6.89. The molecular weight excluding hydrogens is 282 g/mol. The number of carbonyl (C=O) groups is 3. The van der Waals surface area contributed by atoms with Gasteiger partial charge in [0.2, 0.25) is 5.91 Å². The lowest BCUT2D eigenvalue weighted by Gasteiger charge is -2.29. The highest BCUT2D eigenvalue weighted by Gasteiger charge is 2.39. The fourth-order valence-corrected chi connectivity index (χ4v) is 2.12. The monoisotopic (exact) mass is 303 g/mol. The van der Waals surface area contributed by atoms with Crippen LogP contribution in [0.25, 0.3) is 0 Å². The van der Waals surface area contributed by atoms with Crippen LogP contribution in [-0.2, 0) is 19.1 Å². The highest BCUT2D eigenvalue weighted by atomic mass is 16.5. The first kappa shape index (κ1) is 17.2. The van der Waals surface area contributed by atoms with Crippen LogP contribution in [0.3, 0.4) is 0 Å². The van der Waals surface area contributed by atoms with Crippen LogP contribution in [0.15, 0.2) is 0 Å². The molecule has 0 aromatic heterocycles. The van der Waals surface area contributed by atoms with E-state index in [-0.39, 0.29) is 39.0 Å². The van der Waals surface area contributed by atoms with Crippen LogP contribution in [0, 0.1) is 5.92 Å². The molecule has 0 aromatic carbocycles. The molecule has 1 aliphatic heterocycles. The van der Waals surface area contributed by atoms with Gasteiger partial charge in [0, 0.05) is 13.1 Å². The lowest BCUT2D eigenvalue weighted by molar-refractivity contribution is -0.142. The van der Waals surface area contributed by atoms with Crippen molar-refractivity contribution in [1.82, 2.24) is 10.2 Å². The Labute approximate surface area is 122 Å². The molecule has 0 saturated carbocycles. The number of carbonyl (C=O) groups excluding carboxylic acids is 2. The Morgan fingerprint density at radius 3 is 2.71 bits per heavy atom. The van der Waals surface area contributed by atoms with Crippen LogP contribution in [0.1, 0.15) is 6.92 Å². The molecule has 3 amide bonds. The van der Waals surface area contributed by atoms with Crippen molar-refractivity contribution in [2.24, 2.45) is 11.7 Å². The third-order valence-corrected chi connectivity index (χ3v) is 3.14. The minimum atomic E-state index is -0.978. The zero-order valence-electron chi connectivity index (χ0n) is 11.9. The summed E-state index contributed by atoms with van der Waals surface area (Å²) < 4.78 is 10.1. The normalized spacial score (nSPS) is 21.0. The molecule has 9 heteroatoms. The van der Waals surface area contributed by atoms with Gasteiger partial charge in [-0.15, -0.1) is 0 Å². The Hall–Kier alpha value is -1.87. The molecule has 9 nitrogen and oxygen atoms in total. The standard InChI is InChI=1S/C12H21N3O6/c1-2-15(9-6-21-5-8(9)11(17)18)12(19)14-3-4-20-7-10(13)16/h8-9H,2-7H2,1H3,(H2,13,16)(H,14,19)(H,17,18). The van der Waals surface area contributed by atoms with E-state index in [2.05, 4.69) is 5.32 Å². The minimum Gasteiger partial charge on any atom is -0.481 e. The summed E-state index contributed by atoms with van der Waals surface area (Å²) in [6.45, 7) is 2.59. The average molecular weight is 303 g/mol. The van der Waals surface area contributed by atoms with E-state index in [0.717, 1.165) is 0 Å². The number of nitrogens with zero attached hydrogens (tertiary/aromatic N) is 1. The molecule has 0 bridgehead atoms. The first-order valence-electron chi connectivity index (χ1n) is 6.68. The number of primary amides is 1. The summed E-state index contributed by atoms with van der Waals surface area (Å²) in [7, 11) is 0. The van der Waals surface area contributed by atoms with E-state index in [1.165, 1.54) is 4.90 Å². The van der Waals surface area contributed by atoms with Crippen LogP contribution in [-0.4, -0.2) is 73.5 Å². The maximum atomic E-state index is 12.0. The van der Waals surface area contributed by atoms with Gasteiger partial charge in [-0.2, -0.15) is 0 Å². The van der Waals surface area contributed by atoms with Gasteiger partial charge in [-0.1, -0.05) is 0 Å². The van der Waals surface area contributed by atoms with E-state index in [1.54, 1.807) is 6.92 Å². The molecule has 0 aromatic rings.